The maximum atomic E-state index is 10.3. The second-order valence-electron chi connectivity index (χ2n) is 6.09. The molecule has 4 nitrogen and oxygen atoms in total. The molecular formula is C18H42N2O2. The predicted octanol–water partition coefficient (Wildman–Crippen LogP) is 6.66. The number of unbranched alkanes of at least 4 members (excludes halogenated alkanes) is 14. The number of aliphatic carboxylic acids is 1. The predicted molar refractivity (Wildman–Crippen MR) is 97.2 cm³/mol. The monoisotopic (exact) mass is 318 g/mol. The van der Waals surface area contributed by atoms with E-state index in [9.17, 15) is 4.79 Å². The van der Waals surface area contributed by atoms with E-state index < -0.39 is 5.97 Å². The molecule has 0 rings (SSSR count). The molecule has 4 heteroatoms. The van der Waals surface area contributed by atoms with Gasteiger partial charge < -0.3 is 17.4 Å². The van der Waals surface area contributed by atoms with Crippen LogP contribution < -0.4 is 12.3 Å². The third kappa shape index (κ3) is 24.4. The molecule has 0 bridgehead atoms. The third-order valence-corrected chi connectivity index (χ3v) is 3.99. The second-order valence-corrected chi connectivity index (χ2v) is 6.09. The van der Waals surface area contributed by atoms with E-state index in [4.69, 9.17) is 5.11 Å². The first kappa shape index (κ1) is 26.3. The van der Waals surface area contributed by atoms with Gasteiger partial charge in [0.05, 0.1) is 0 Å². The van der Waals surface area contributed by atoms with Gasteiger partial charge in [-0.25, -0.2) is 0 Å². The highest BCUT2D eigenvalue weighted by Gasteiger charge is 1.97. The van der Waals surface area contributed by atoms with Gasteiger partial charge in [-0.1, -0.05) is 96.8 Å². The molecule has 0 aromatic carbocycles. The molecule has 0 saturated heterocycles. The molecule has 0 aromatic heterocycles. The van der Waals surface area contributed by atoms with Gasteiger partial charge in [-0.3, -0.25) is 4.79 Å². The number of carboxylic acid groups (broad SMARTS) is 1. The molecule has 0 aliphatic heterocycles. The summed E-state index contributed by atoms with van der Waals surface area (Å²) in [5.74, 6) is -0.653. The Bertz CT molecular complexity index is 211. The van der Waals surface area contributed by atoms with Crippen molar-refractivity contribution in [2.75, 3.05) is 0 Å². The van der Waals surface area contributed by atoms with E-state index in [1.54, 1.807) is 0 Å². The van der Waals surface area contributed by atoms with E-state index in [1.807, 2.05) is 0 Å². The molecule has 0 unspecified atom stereocenters. The van der Waals surface area contributed by atoms with Crippen LogP contribution in [0.1, 0.15) is 110 Å². The summed E-state index contributed by atoms with van der Waals surface area (Å²) in [6.07, 6.45) is 20.2. The Balaban J connectivity index is -0.00000180. The average Bonchev–Trinajstić information content (AvgIpc) is 2.43. The molecule has 0 amide bonds. The summed E-state index contributed by atoms with van der Waals surface area (Å²) in [5.41, 5.74) is 0. The minimum absolute atomic E-state index is 0. The summed E-state index contributed by atoms with van der Waals surface area (Å²) < 4.78 is 0. The van der Waals surface area contributed by atoms with Crippen molar-refractivity contribution in [3.63, 3.8) is 0 Å². The quantitative estimate of drug-likeness (QED) is 0.276. The van der Waals surface area contributed by atoms with Gasteiger partial charge in [-0.15, -0.1) is 0 Å². The van der Waals surface area contributed by atoms with Crippen LogP contribution in [-0.2, 0) is 4.79 Å². The van der Waals surface area contributed by atoms with Crippen LogP contribution in [0, 0.1) is 0 Å². The Kier molecular flexibility index (Phi) is 27.1. The lowest BCUT2D eigenvalue weighted by molar-refractivity contribution is -0.137. The lowest BCUT2D eigenvalue weighted by Crippen LogP contribution is -1.93. The fourth-order valence-corrected chi connectivity index (χ4v) is 2.65. The van der Waals surface area contributed by atoms with Gasteiger partial charge in [0.2, 0.25) is 0 Å². The van der Waals surface area contributed by atoms with Crippen molar-refractivity contribution in [1.82, 2.24) is 12.3 Å². The molecule has 0 spiro atoms. The lowest BCUT2D eigenvalue weighted by atomic mass is 10.0. The van der Waals surface area contributed by atoms with E-state index in [1.165, 1.54) is 83.5 Å². The molecule has 0 fully saturated rings. The van der Waals surface area contributed by atoms with Crippen LogP contribution in [0.4, 0.5) is 0 Å². The summed E-state index contributed by atoms with van der Waals surface area (Å²) in [4.78, 5) is 10.3. The molecule has 0 saturated carbocycles. The fraction of sp³-hybridized carbons (Fsp3) is 0.944. The molecule has 0 aromatic rings. The highest BCUT2D eigenvalue weighted by molar-refractivity contribution is 5.66. The number of hydrogen-bond acceptors (Lipinski definition) is 3. The number of rotatable bonds is 16. The Labute approximate surface area is 138 Å². The van der Waals surface area contributed by atoms with Crippen LogP contribution >= 0.6 is 0 Å². The highest BCUT2D eigenvalue weighted by Crippen LogP contribution is 2.13. The molecule has 0 radical (unpaired) electrons. The molecule has 0 aliphatic rings. The standard InChI is InChI=1S/C18H36O2.2H3N/c1-2-3-4-5-6-7-8-9-10-11-12-13-14-15-16-17-18(19)20;;/h2-17H2,1H3,(H,19,20);2*1H3. The summed E-state index contributed by atoms with van der Waals surface area (Å²) >= 11 is 0. The zero-order chi connectivity index (χ0) is 14.9. The highest BCUT2D eigenvalue weighted by atomic mass is 16.4. The van der Waals surface area contributed by atoms with E-state index in [0.717, 1.165) is 12.8 Å². The molecule has 0 heterocycles. The summed E-state index contributed by atoms with van der Waals surface area (Å²) in [7, 11) is 0. The second kappa shape index (κ2) is 22.7. The van der Waals surface area contributed by atoms with Crippen LogP contribution in [0.25, 0.3) is 0 Å². The van der Waals surface area contributed by atoms with Crippen LogP contribution in [0.2, 0.25) is 0 Å². The van der Waals surface area contributed by atoms with Crippen molar-refractivity contribution >= 4 is 5.97 Å². The first-order chi connectivity index (χ1) is 9.77. The van der Waals surface area contributed by atoms with Crippen molar-refractivity contribution in [2.45, 2.75) is 110 Å². The Hall–Kier alpha value is -0.610. The summed E-state index contributed by atoms with van der Waals surface area (Å²) in [5, 5.41) is 8.52. The van der Waals surface area contributed by atoms with Crippen LogP contribution in [-0.4, -0.2) is 11.1 Å². The van der Waals surface area contributed by atoms with Crippen LogP contribution in [0.15, 0.2) is 0 Å². The van der Waals surface area contributed by atoms with E-state index in [2.05, 4.69) is 6.92 Å². The fourth-order valence-electron chi connectivity index (χ4n) is 2.65. The Morgan fingerprint density at radius 2 is 0.864 bits per heavy atom. The van der Waals surface area contributed by atoms with Gasteiger partial charge in [-0.2, -0.15) is 0 Å². The summed E-state index contributed by atoms with van der Waals surface area (Å²) in [6.45, 7) is 2.27. The van der Waals surface area contributed by atoms with Gasteiger partial charge in [-0.05, 0) is 6.42 Å². The Morgan fingerprint density at radius 3 is 1.14 bits per heavy atom. The zero-order valence-electron chi connectivity index (χ0n) is 15.1. The van der Waals surface area contributed by atoms with Crippen molar-refractivity contribution < 1.29 is 9.90 Å². The number of carboxylic acids is 1. The van der Waals surface area contributed by atoms with Gasteiger partial charge >= 0.3 is 5.97 Å². The topological polar surface area (TPSA) is 107 Å². The van der Waals surface area contributed by atoms with Gasteiger partial charge in [0.25, 0.3) is 0 Å². The summed E-state index contributed by atoms with van der Waals surface area (Å²) in [6, 6.07) is 0. The Morgan fingerprint density at radius 1 is 0.591 bits per heavy atom. The smallest absolute Gasteiger partial charge is 0.303 e. The maximum Gasteiger partial charge on any atom is 0.303 e. The first-order valence-electron chi connectivity index (χ1n) is 8.99. The molecular weight excluding hydrogens is 276 g/mol. The number of hydrogen-bond donors (Lipinski definition) is 3. The molecule has 22 heavy (non-hydrogen) atoms. The van der Waals surface area contributed by atoms with Gasteiger partial charge in [0.1, 0.15) is 0 Å². The first-order valence-corrected chi connectivity index (χ1v) is 8.99. The van der Waals surface area contributed by atoms with Gasteiger partial charge in [0.15, 0.2) is 0 Å². The molecule has 0 aliphatic carbocycles. The molecule has 0 atom stereocenters. The normalized spacial score (nSPS) is 9.86. The third-order valence-electron chi connectivity index (χ3n) is 3.99. The lowest BCUT2D eigenvalue weighted by Gasteiger charge is -2.03. The van der Waals surface area contributed by atoms with Crippen LogP contribution in [0.5, 0.6) is 0 Å². The van der Waals surface area contributed by atoms with E-state index in [0.29, 0.717) is 6.42 Å². The number of carbonyl (C=O) groups is 1. The van der Waals surface area contributed by atoms with E-state index >= 15 is 0 Å². The van der Waals surface area contributed by atoms with Crippen molar-refractivity contribution in [2.24, 2.45) is 0 Å². The minimum Gasteiger partial charge on any atom is -0.481 e. The zero-order valence-corrected chi connectivity index (χ0v) is 15.1. The van der Waals surface area contributed by atoms with Crippen LogP contribution in [0.3, 0.4) is 0 Å². The van der Waals surface area contributed by atoms with E-state index in [-0.39, 0.29) is 12.3 Å². The maximum absolute atomic E-state index is 10.3. The molecule has 7 N–H and O–H groups in total. The molecule has 136 valence electrons. The van der Waals surface area contributed by atoms with Crippen molar-refractivity contribution in [1.29, 1.82) is 0 Å². The average molecular weight is 319 g/mol. The van der Waals surface area contributed by atoms with Crippen molar-refractivity contribution in [3.05, 3.63) is 0 Å². The van der Waals surface area contributed by atoms with Gasteiger partial charge in [0, 0.05) is 6.42 Å². The SMILES string of the molecule is CCCCCCCCCCCCCCCCCC(=O)O.N.N. The van der Waals surface area contributed by atoms with Crippen molar-refractivity contribution in [3.8, 4) is 0 Å². The minimum atomic E-state index is -0.653. The largest absolute Gasteiger partial charge is 0.481 e.